The molecule has 4 rings (SSSR count). The molecule has 2 aromatic carbocycles. The average Bonchev–Trinajstić information content (AvgIpc) is 3.06. The number of nitrogens with zero attached hydrogens (tertiary/aromatic N) is 2. The van der Waals surface area contributed by atoms with Crippen LogP contribution in [0.2, 0.25) is 0 Å². The Hall–Kier alpha value is -2.10. The Morgan fingerprint density at radius 2 is 1.85 bits per heavy atom. The quantitative estimate of drug-likeness (QED) is 0.656. The highest BCUT2D eigenvalue weighted by Crippen LogP contribution is 2.31. The monoisotopic (exact) mass is 410 g/mol. The minimum atomic E-state index is -3.73. The predicted octanol–water partition coefficient (Wildman–Crippen LogP) is 3.81. The molecule has 142 valence electrons. The highest BCUT2D eigenvalue weighted by atomic mass is 32.2. The number of benzene rings is 2. The fourth-order valence-electron chi connectivity index (χ4n) is 3.05. The van der Waals surface area contributed by atoms with Gasteiger partial charge in [-0.2, -0.15) is 9.29 Å². The fraction of sp³-hybridized carbons (Fsp3) is 0.278. The van der Waals surface area contributed by atoms with Gasteiger partial charge in [-0.3, -0.25) is 0 Å². The maximum atomic E-state index is 13.7. The van der Waals surface area contributed by atoms with Crippen LogP contribution in [-0.2, 0) is 10.0 Å². The van der Waals surface area contributed by atoms with Crippen molar-refractivity contribution >= 4 is 31.6 Å². The van der Waals surface area contributed by atoms with E-state index in [4.69, 9.17) is 4.74 Å². The molecule has 1 aliphatic rings. The van der Waals surface area contributed by atoms with Gasteiger partial charge < -0.3 is 4.74 Å². The molecular weight excluding hydrogens is 394 g/mol. The van der Waals surface area contributed by atoms with E-state index < -0.39 is 21.7 Å². The molecule has 5 nitrogen and oxygen atoms in total. The number of rotatable bonds is 4. The molecule has 0 unspecified atom stereocenters. The summed E-state index contributed by atoms with van der Waals surface area (Å²) in [7, 11) is -3.73. The zero-order chi connectivity index (χ0) is 19.0. The van der Waals surface area contributed by atoms with Crippen molar-refractivity contribution in [2.45, 2.75) is 23.8 Å². The predicted molar refractivity (Wildman–Crippen MR) is 98.4 cm³/mol. The molecule has 0 saturated carbocycles. The van der Waals surface area contributed by atoms with Crippen molar-refractivity contribution in [2.75, 3.05) is 13.1 Å². The van der Waals surface area contributed by atoms with E-state index in [9.17, 15) is 17.2 Å². The van der Waals surface area contributed by atoms with Gasteiger partial charge in [0.15, 0.2) is 0 Å². The molecule has 0 spiro atoms. The van der Waals surface area contributed by atoms with E-state index in [1.807, 2.05) is 0 Å². The van der Waals surface area contributed by atoms with Gasteiger partial charge in [0.1, 0.15) is 23.3 Å². The molecule has 0 atom stereocenters. The van der Waals surface area contributed by atoms with Crippen molar-refractivity contribution in [3.63, 3.8) is 0 Å². The van der Waals surface area contributed by atoms with Crippen LogP contribution >= 0.6 is 11.3 Å². The SMILES string of the molecule is O=S(=O)(c1cccc(F)c1)N1CCC(Oc2nc3c(F)cccc3s2)CC1. The van der Waals surface area contributed by atoms with Crippen LogP contribution in [0.25, 0.3) is 10.2 Å². The van der Waals surface area contributed by atoms with E-state index in [1.54, 1.807) is 12.1 Å². The molecule has 3 aromatic rings. The van der Waals surface area contributed by atoms with Gasteiger partial charge in [0.05, 0.1) is 9.60 Å². The van der Waals surface area contributed by atoms with Gasteiger partial charge in [0.25, 0.3) is 5.19 Å². The molecule has 1 aliphatic heterocycles. The van der Waals surface area contributed by atoms with Crippen LogP contribution in [0, 0.1) is 11.6 Å². The Morgan fingerprint density at radius 1 is 1.11 bits per heavy atom. The second kappa shape index (κ2) is 7.14. The second-order valence-corrected chi connectivity index (χ2v) is 9.18. The third-order valence-corrected chi connectivity index (χ3v) is 7.26. The molecular formula is C18H16F2N2O3S2. The number of para-hydroxylation sites is 1. The van der Waals surface area contributed by atoms with Crippen LogP contribution in [-0.4, -0.2) is 36.9 Å². The Bertz CT molecular complexity index is 1080. The van der Waals surface area contributed by atoms with Crippen molar-refractivity contribution in [3.8, 4) is 5.19 Å². The normalized spacial score (nSPS) is 16.7. The lowest BCUT2D eigenvalue weighted by Gasteiger charge is -2.30. The van der Waals surface area contributed by atoms with Crippen molar-refractivity contribution in [3.05, 3.63) is 54.1 Å². The first-order valence-corrected chi connectivity index (χ1v) is 10.7. The molecule has 1 saturated heterocycles. The zero-order valence-corrected chi connectivity index (χ0v) is 15.8. The van der Waals surface area contributed by atoms with E-state index in [2.05, 4.69) is 4.98 Å². The summed E-state index contributed by atoms with van der Waals surface area (Å²) in [6.45, 7) is 0.533. The van der Waals surface area contributed by atoms with Gasteiger partial charge in [-0.1, -0.05) is 23.5 Å². The molecule has 0 radical (unpaired) electrons. The number of thiazole rings is 1. The van der Waals surface area contributed by atoms with E-state index in [0.717, 1.165) is 6.07 Å². The van der Waals surface area contributed by atoms with E-state index in [-0.39, 0.29) is 29.6 Å². The highest BCUT2D eigenvalue weighted by molar-refractivity contribution is 7.89. The average molecular weight is 410 g/mol. The lowest BCUT2D eigenvalue weighted by atomic mass is 10.1. The molecule has 0 bridgehead atoms. The summed E-state index contributed by atoms with van der Waals surface area (Å²) in [6.07, 6.45) is 0.757. The number of fused-ring (bicyclic) bond motifs is 1. The van der Waals surface area contributed by atoms with Crippen molar-refractivity contribution in [2.24, 2.45) is 0 Å². The Kier molecular flexibility index (Phi) is 4.83. The van der Waals surface area contributed by atoms with E-state index in [1.165, 1.54) is 39.9 Å². The van der Waals surface area contributed by atoms with E-state index >= 15 is 0 Å². The third kappa shape index (κ3) is 3.67. The largest absolute Gasteiger partial charge is 0.467 e. The maximum Gasteiger partial charge on any atom is 0.274 e. The number of halogens is 2. The lowest BCUT2D eigenvalue weighted by molar-refractivity contribution is 0.135. The smallest absolute Gasteiger partial charge is 0.274 e. The number of hydrogen-bond acceptors (Lipinski definition) is 5. The van der Waals surface area contributed by atoms with Crippen LogP contribution in [0.5, 0.6) is 5.19 Å². The molecule has 0 aliphatic carbocycles. The van der Waals surface area contributed by atoms with E-state index in [0.29, 0.717) is 22.7 Å². The molecule has 0 amide bonds. The lowest BCUT2D eigenvalue weighted by Crippen LogP contribution is -2.41. The number of aromatic nitrogens is 1. The van der Waals surface area contributed by atoms with Gasteiger partial charge in [0.2, 0.25) is 10.0 Å². The highest BCUT2D eigenvalue weighted by Gasteiger charge is 2.30. The topological polar surface area (TPSA) is 59.5 Å². The zero-order valence-electron chi connectivity index (χ0n) is 14.1. The Labute approximate surface area is 159 Å². The third-order valence-electron chi connectivity index (χ3n) is 4.45. The van der Waals surface area contributed by atoms with Gasteiger partial charge >= 0.3 is 0 Å². The number of hydrogen-bond donors (Lipinski definition) is 0. The van der Waals surface area contributed by atoms with Gasteiger partial charge in [-0.05, 0) is 43.2 Å². The van der Waals surface area contributed by atoms with Crippen molar-refractivity contribution in [1.82, 2.24) is 9.29 Å². The molecule has 9 heteroatoms. The maximum absolute atomic E-state index is 13.7. The first kappa shape index (κ1) is 18.3. The van der Waals surface area contributed by atoms with Crippen LogP contribution in [0.4, 0.5) is 8.78 Å². The minimum Gasteiger partial charge on any atom is -0.467 e. The molecule has 0 N–H and O–H groups in total. The first-order valence-electron chi connectivity index (χ1n) is 8.41. The molecule has 1 fully saturated rings. The van der Waals surface area contributed by atoms with Gasteiger partial charge in [0, 0.05) is 13.1 Å². The summed E-state index contributed by atoms with van der Waals surface area (Å²) < 4.78 is 60.2. The minimum absolute atomic E-state index is 0.0523. The van der Waals surface area contributed by atoms with Crippen LogP contribution in [0.15, 0.2) is 47.4 Å². The number of sulfonamides is 1. The van der Waals surface area contributed by atoms with Crippen LogP contribution in [0.1, 0.15) is 12.8 Å². The number of ether oxygens (including phenoxy) is 1. The summed E-state index contributed by atoms with van der Waals surface area (Å²) in [4.78, 5) is 4.13. The van der Waals surface area contributed by atoms with Gasteiger partial charge in [-0.15, -0.1) is 0 Å². The Balaban J connectivity index is 1.43. The molecule has 1 aromatic heterocycles. The Morgan fingerprint density at radius 3 is 2.56 bits per heavy atom. The summed E-state index contributed by atoms with van der Waals surface area (Å²) >= 11 is 1.26. The van der Waals surface area contributed by atoms with Crippen molar-refractivity contribution < 1.29 is 21.9 Å². The summed E-state index contributed by atoms with van der Waals surface area (Å²) in [6, 6.07) is 9.74. The van der Waals surface area contributed by atoms with Crippen molar-refractivity contribution in [1.29, 1.82) is 0 Å². The number of piperidine rings is 1. The fourth-order valence-corrected chi connectivity index (χ4v) is 5.45. The molecule has 27 heavy (non-hydrogen) atoms. The van der Waals surface area contributed by atoms with Gasteiger partial charge in [-0.25, -0.2) is 17.2 Å². The standard InChI is InChI=1S/C18H16F2N2O3S2/c19-12-3-1-4-14(11-12)27(23,24)22-9-7-13(8-10-22)25-18-21-17-15(20)5-2-6-16(17)26-18/h1-6,11,13H,7-10H2. The summed E-state index contributed by atoms with van der Waals surface area (Å²) in [5.74, 6) is -0.980. The first-order chi connectivity index (χ1) is 12.9. The molecule has 2 heterocycles. The van der Waals surface area contributed by atoms with Crippen LogP contribution < -0.4 is 4.74 Å². The summed E-state index contributed by atoms with van der Waals surface area (Å²) in [5, 5.41) is 0.376. The van der Waals surface area contributed by atoms with Crippen LogP contribution in [0.3, 0.4) is 0 Å². The second-order valence-electron chi connectivity index (χ2n) is 6.25. The summed E-state index contributed by atoms with van der Waals surface area (Å²) in [5.41, 5.74) is 0.281.